The van der Waals surface area contributed by atoms with Crippen molar-refractivity contribution in [1.29, 1.82) is 0 Å². The van der Waals surface area contributed by atoms with Gasteiger partial charge in [0.1, 0.15) is 0 Å². The summed E-state index contributed by atoms with van der Waals surface area (Å²) < 4.78 is 0. The Labute approximate surface area is 108 Å². The monoisotopic (exact) mass is 240 g/mol. The second kappa shape index (κ2) is 7.38. The first kappa shape index (κ1) is 15.0. The summed E-state index contributed by atoms with van der Waals surface area (Å²) in [4.78, 5) is 2.74. The van der Waals surface area contributed by atoms with Crippen molar-refractivity contribution < 1.29 is 0 Å². The third-order valence-corrected chi connectivity index (χ3v) is 4.30. The largest absolute Gasteiger partial charge is 0.315 e. The summed E-state index contributed by atoms with van der Waals surface area (Å²) in [5, 5.41) is 3.63. The van der Waals surface area contributed by atoms with Gasteiger partial charge in [-0.05, 0) is 51.1 Å². The molecule has 0 radical (unpaired) electrons. The van der Waals surface area contributed by atoms with Crippen molar-refractivity contribution >= 4 is 0 Å². The molecule has 1 N–H and O–H groups in total. The maximum atomic E-state index is 3.63. The Bertz CT molecular complexity index is 203. The molecule has 0 bridgehead atoms. The number of rotatable bonds is 6. The standard InChI is InChI=1S/C15H32N2/c1-6-15(11-16-10-12(2)3)17-9-7-8-13(4)14(17)5/h12-16H,6-11H2,1-5H3. The highest BCUT2D eigenvalue weighted by Crippen LogP contribution is 2.25. The second-order valence-electron chi connectivity index (χ2n) is 6.21. The van der Waals surface area contributed by atoms with Gasteiger partial charge in [-0.3, -0.25) is 4.90 Å². The molecule has 2 heteroatoms. The molecule has 1 rings (SSSR count). The van der Waals surface area contributed by atoms with E-state index >= 15 is 0 Å². The van der Waals surface area contributed by atoms with Crippen LogP contribution in [-0.4, -0.2) is 36.6 Å². The van der Waals surface area contributed by atoms with Crippen molar-refractivity contribution in [1.82, 2.24) is 10.2 Å². The zero-order valence-electron chi connectivity index (χ0n) is 12.5. The normalized spacial score (nSPS) is 28.6. The number of likely N-dealkylation sites (tertiary alicyclic amines) is 1. The van der Waals surface area contributed by atoms with Crippen LogP contribution in [0.25, 0.3) is 0 Å². The van der Waals surface area contributed by atoms with Crippen molar-refractivity contribution in [3.63, 3.8) is 0 Å². The molecule has 1 aliphatic heterocycles. The molecule has 1 fully saturated rings. The van der Waals surface area contributed by atoms with E-state index in [0.717, 1.165) is 37.0 Å². The summed E-state index contributed by atoms with van der Waals surface area (Å²) in [6.07, 6.45) is 4.06. The lowest BCUT2D eigenvalue weighted by atomic mass is 9.90. The Kier molecular flexibility index (Phi) is 6.50. The van der Waals surface area contributed by atoms with E-state index in [1.165, 1.54) is 25.8 Å². The summed E-state index contributed by atoms with van der Waals surface area (Å²) >= 11 is 0. The van der Waals surface area contributed by atoms with Gasteiger partial charge in [-0.2, -0.15) is 0 Å². The molecule has 2 nitrogen and oxygen atoms in total. The van der Waals surface area contributed by atoms with E-state index in [9.17, 15) is 0 Å². The molecule has 102 valence electrons. The Morgan fingerprint density at radius 3 is 2.53 bits per heavy atom. The molecule has 1 saturated heterocycles. The van der Waals surface area contributed by atoms with Crippen LogP contribution in [0.5, 0.6) is 0 Å². The molecule has 17 heavy (non-hydrogen) atoms. The molecule has 0 spiro atoms. The van der Waals surface area contributed by atoms with Gasteiger partial charge in [0.2, 0.25) is 0 Å². The van der Waals surface area contributed by atoms with Crippen LogP contribution in [-0.2, 0) is 0 Å². The molecular weight excluding hydrogens is 208 g/mol. The van der Waals surface area contributed by atoms with E-state index in [4.69, 9.17) is 0 Å². The molecule has 0 aromatic heterocycles. The van der Waals surface area contributed by atoms with Gasteiger partial charge in [-0.25, -0.2) is 0 Å². The maximum absolute atomic E-state index is 3.63. The molecular formula is C15H32N2. The van der Waals surface area contributed by atoms with Crippen molar-refractivity contribution in [3.8, 4) is 0 Å². The molecule has 0 amide bonds. The number of nitrogens with one attached hydrogen (secondary N) is 1. The van der Waals surface area contributed by atoms with Gasteiger partial charge in [0.15, 0.2) is 0 Å². The lowest BCUT2D eigenvalue weighted by Gasteiger charge is -2.43. The summed E-state index contributed by atoms with van der Waals surface area (Å²) in [6, 6.07) is 1.49. The number of piperidine rings is 1. The lowest BCUT2D eigenvalue weighted by molar-refractivity contribution is 0.0654. The van der Waals surface area contributed by atoms with Crippen molar-refractivity contribution in [2.24, 2.45) is 11.8 Å². The number of hydrogen-bond donors (Lipinski definition) is 1. The van der Waals surface area contributed by atoms with E-state index in [0.29, 0.717) is 0 Å². The van der Waals surface area contributed by atoms with Crippen LogP contribution in [0, 0.1) is 11.8 Å². The number of hydrogen-bond acceptors (Lipinski definition) is 2. The van der Waals surface area contributed by atoms with E-state index in [1.807, 2.05) is 0 Å². The highest BCUT2D eigenvalue weighted by atomic mass is 15.2. The van der Waals surface area contributed by atoms with Gasteiger partial charge >= 0.3 is 0 Å². The first-order valence-corrected chi connectivity index (χ1v) is 7.52. The van der Waals surface area contributed by atoms with Crippen molar-refractivity contribution in [3.05, 3.63) is 0 Å². The quantitative estimate of drug-likeness (QED) is 0.767. The topological polar surface area (TPSA) is 15.3 Å². The van der Waals surface area contributed by atoms with Crippen LogP contribution in [0.1, 0.15) is 53.9 Å². The fourth-order valence-electron chi connectivity index (χ4n) is 2.92. The van der Waals surface area contributed by atoms with Crippen molar-refractivity contribution in [2.45, 2.75) is 66.0 Å². The SMILES string of the molecule is CCC(CNCC(C)C)N1CCCC(C)C1C. The van der Waals surface area contributed by atoms with Crippen LogP contribution in [0.4, 0.5) is 0 Å². The summed E-state index contributed by atoms with van der Waals surface area (Å²) in [7, 11) is 0. The smallest absolute Gasteiger partial charge is 0.0220 e. The molecule has 3 atom stereocenters. The fourth-order valence-corrected chi connectivity index (χ4v) is 2.92. The number of nitrogens with zero attached hydrogens (tertiary/aromatic N) is 1. The molecule has 0 aromatic carbocycles. The first-order valence-electron chi connectivity index (χ1n) is 7.52. The third kappa shape index (κ3) is 4.59. The van der Waals surface area contributed by atoms with Gasteiger partial charge in [-0.15, -0.1) is 0 Å². The average molecular weight is 240 g/mol. The van der Waals surface area contributed by atoms with E-state index in [-0.39, 0.29) is 0 Å². The van der Waals surface area contributed by atoms with E-state index in [2.05, 4.69) is 44.8 Å². The minimum absolute atomic E-state index is 0.728. The predicted octanol–water partition coefficient (Wildman–Crippen LogP) is 3.13. The van der Waals surface area contributed by atoms with E-state index in [1.54, 1.807) is 0 Å². The predicted molar refractivity (Wildman–Crippen MR) is 76.4 cm³/mol. The fraction of sp³-hybridized carbons (Fsp3) is 1.00. The maximum Gasteiger partial charge on any atom is 0.0220 e. The minimum Gasteiger partial charge on any atom is -0.315 e. The lowest BCUT2D eigenvalue weighted by Crippen LogP contribution is -2.51. The minimum atomic E-state index is 0.728. The summed E-state index contributed by atoms with van der Waals surface area (Å²) in [5.74, 6) is 1.62. The van der Waals surface area contributed by atoms with Gasteiger partial charge < -0.3 is 5.32 Å². The van der Waals surface area contributed by atoms with Crippen LogP contribution in [0.2, 0.25) is 0 Å². The first-order chi connectivity index (χ1) is 8.06. The Morgan fingerprint density at radius 1 is 1.24 bits per heavy atom. The average Bonchev–Trinajstić information content (AvgIpc) is 2.28. The van der Waals surface area contributed by atoms with Crippen molar-refractivity contribution in [2.75, 3.05) is 19.6 Å². The Morgan fingerprint density at radius 2 is 1.94 bits per heavy atom. The molecule has 3 unspecified atom stereocenters. The van der Waals surface area contributed by atoms with Crippen LogP contribution >= 0.6 is 0 Å². The molecule has 0 saturated carbocycles. The summed E-state index contributed by atoms with van der Waals surface area (Å²) in [6.45, 7) is 15.3. The van der Waals surface area contributed by atoms with Gasteiger partial charge in [0, 0.05) is 18.6 Å². The van der Waals surface area contributed by atoms with E-state index < -0.39 is 0 Å². The molecule has 0 aliphatic carbocycles. The van der Waals surface area contributed by atoms with Gasteiger partial charge in [-0.1, -0.05) is 27.7 Å². The summed E-state index contributed by atoms with van der Waals surface area (Å²) in [5.41, 5.74) is 0. The Hall–Kier alpha value is -0.0800. The zero-order valence-corrected chi connectivity index (χ0v) is 12.5. The van der Waals surface area contributed by atoms with Gasteiger partial charge in [0.05, 0.1) is 0 Å². The highest BCUT2D eigenvalue weighted by Gasteiger charge is 2.28. The zero-order chi connectivity index (χ0) is 12.8. The van der Waals surface area contributed by atoms with Crippen LogP contribution in [0.3, 0.4) is 0 Å². The van der Waals surface area contributed by atoms with Gasteiger partial charge in [0.25, 0.3) is 0 Å². The van der Waals surface area contributed by atoms with Crippen LogP contribution < -0.4 is 5.32 Å². The Balaban J connectivity index is 2.42. The highest BCUT2D eigenvalue weighted by molar-refractivity contribution is 4.84. The molecule has 1 aliphatic rings. The third-order valence-electron chi connectivity index (χ3n) is 4.30. The molecule has 0 aromatic rings. The second-order valence-corrected chi connectivity index (χ2v) is 6.21. The van der Waals surface area contributed by atoms with Crippen LogP contribution in [0.15, 0.2) is 0 Å². The molecule has 1 heterocycles.